The molecule has 1 aromatic rings. The molecule has 0 aromatic heterocycles. The molecule has 19 heavy (non-hydrogen) atoms. The second kappa shape index (κ2) is 6.96. The van der Waals surface area contributed by atoms with E-state index >= 15 is 0 Å². The molecular formula is C11H16NO5PS. The summed E-state index contributed by atoms with van der Waals surface area (Å²) >= 11 is 5.25. The molecule has 8 heteroatoms. The van der Waals surface area contributed by atoms with Crippen molar-refractivity contribution in [2.45, 2.75) is 26.9 Å². The molecule has 0 radical (unpaired) electrons. The van der Waals surface area contributed by atoms with Gasteiger partial charge in [-0.2, -0.15) is 0 Å². The first-order valence-electron chi connectivity index (χ1n) is 5.73. The van der Waals surface area contributed by atoms with Crippen molar-refractivity contribution in [1.82, 2.24) is 0 Å². The largest absolute Gasteiger partial charge is 0.424 e. The Bertz CT molecular complexity index is 476. The van der Waals surface area contributed by atoms with Crippen LogP contribution in [-0.2, 0) is 20.9 Å². The van der Waals surface area contributed by atoms with Crippen LogP contribution in [0.1, 0.15) is 20.8 Å². The lowest BCUT2D eigenvalue weighted by atomic mass is 10.3. The second-order valence-electron chi connectivity index (χ2n) is 3.86. The van der Waals surface area contributed by atoms with Crippen LogP contribution in [-0.4, -0.2) is 17.6 Å². The Kier molecular flexibility index (Phi) is 5.87. The van der Waals surface area contributed by atoms with Crippen molar-refractivity contribution in [3.05, 3.63) is 34.4 Å². The minimum Gasteiger partial charge on any atom is -0.424 e. The van der Waals surface area contributed by atoms with E-state index in [9.17, 15) is 10.1 Å². The predicted molar refractivity (Wildman–Crippen MR) is 75.9 cm³/mol. The summed E-state index contributed by atoms with van der Waals surface area (Å²) in [5, 5.41) is 10.5. The van der Waals surface area contributed by atoms with E-state index < -0.39 is 11.6 Å². The molecule has 0 aliphatic rings. The topological polar surface area (TPSA) is 70.8 Å². The predicted octanol–water partition coefficient (Wildman–Crippen LogP) is 3.66. The lowest BCUT2D eigenvalue weighted by Gasteiger charge is -2.23. The quantitative estimate of drug-likeness (QED) is 0.435. The van der Waals surface area contributed by atoms with Gasteiger partial charge in [0, 0.05) is 23.9 Å². The maximum absolute atomic E-state index is 10.5. The summed E-state index contributed by atoms with van der Waals surface area (Å²) in [6.45, 7) is 2.96. The molecule has 0 amide bonds. The zero-order valence-electron chi connectivity index (χ0n) is 10.9. The molecule has 1 atom stereocenters. The van der Waals surface area contributed by atoms with E-state index in [1.165, 1.54) is 24.3 Å². The minimum atomic E-state index is -2.87. The van der Waals surface area contributed by atoms with Gasteiger partial charge in [-0.15, -0.1) is 0 Å². The van der Waals surface area contributed by atoms with Crippen molar-refractivity contribution in [1.29, 1.82) is 0 Å². The number of nitrogens with zero attached hydrogens (tertiary/aromatic N) is 1. The average Bonchev–Trinajstić information content (AvgIpc) is 2.28. The maximum Gasteiger partial charge on any atom is 0.380 e. The fraction of sp³-hybridized carbons (Fsp3) is 0.455. The molecule has 0 aliphatic carbocycles. The third-order valence-electron chi connectivity index (χ3n) is 1.89. The van der Waals surface area contributed by atoms with Gasteiger partial charge >= 0.3 is 6.72 Å². The average molecular weight is 305 g/mol. The van der Waals surface area contributed by atoms with Gasteiger partial charge in [0.1, 0.15) is 5.75 Å². The highest BCUT2D eigenvalue weighted by Gasteiger charge is 2.23. The van der Waals surface area contributed by atoms with Gasteiger partial charge in [0.25, 0.3) is 5.69 Å². The van der Waals surface area contributed by atoms with Gasteiger partial charge in [-0.05, 0) is 32.9 Å². The van der Waals surface area contributed by atoms with Crippen LogP contribution in [0.5, 0.6) is 5.75 Å². The summed E-state index contributed by atoms with van der Waals surface area (Å²) in [5.41, 5.74) is -0.0122. The van der Waals surface area contributed by atoms with Crippen molar-refractivity contribution in [2.24, 2.45) is 0 Å². The number of nitro groups is 1. The van der Waals surface area contributed by atoms with Crippen molar-refractivity contribution >= 4 is 24.2 Å². The standard InChI is InChI=1S/C11H16NO5PS/c1-4-15-18(19,16-9(2)3)17-11-7-5-10(6-8-11)12(13)14/h5-9H,4H2,1-3H3. The summed E-state index contributed by atoms with van der Waals surface area (Å²) in [6.07, 6.45) is -0.129. The molecule has 106 valence electrons. The molecule has 0 N–H and O–H groups in total. The molecule has 0 saturated heterocycles. The number of non-ortho nitro benzene ring substituents is 1. The van der Waals surface area contributed by atoms with Gasteiger partial charge < -0.3 is 4.52 Å². The number of hydrogen-bond acceptors (Lipinski definition) is 6. The zero-order chi connectivity index (χ0) is 14.5. The molecular weight excluding hydrogens is 289 g/mol. The molecule has 6 nitrogen and oxygen atoms in total. The van der Waals surface area contributed by atoms with E-state index in [0.717, 1.165) is 0 Å². The maximum atomic E-state index is 10.5. The Hall–Kier alpha value is -1.01. The third-order valence-corrected chi connectivity index (χ3v) is 4.38. The Morgan fingerprint density at radius 3 is 2.37 bits per heavy atom. The highest BCUT2D eigenvalue weighted by molar-refractivity contribution is 8.07. The summed E-state index contributed by atoms with van der Waals surface area (Å²) < 4.78 is 16.4. The fourth-order valence-corrected chi connectivity index (χ4v) is 3.71. The summed E-state index contributed by atoms with van der Waals surface area (Å²) in [5.74, 6) is 0.392. The van der Waals surface area contributed by atoms with E-state index in [0.29, 0.717) is 12.4 Å². The summed E-state index contributed by atoms with van der Waals surface area (Å²) in [7, 11) is 0. The van der Waals surface area contributed by atoms with Gasteiger partial charge in [-0.1, -0.05) is 0 Å². The molecule has 0 bridgehead atoms. The highest BCUT2D eigenvalue weighted by Crippen LogP contribution is 2.50. The minimum absolute atomic E-state index is 0.0122. The van der Waals surface area contributed by atoms with Gasteiger partial charge in [0.15, 0.2) is 0 Å². The van der Waals surface area contributed by atoms with Crippen molar-refractivity contribution in [3.63, 3.8) is 0 Å². The van der Waals surface area contributed by atoms with Gasteiger partial charge in [0.05, 0.1) is 17.6 Å². The van der Waals surface area contributed by atoms with E-state index in [2.05, 4.69) is 0 Å². The van der Waals surface area contributed by atoms with Crippen LogP contribution in [0.25, 0.3) is 0 Å². The van der Waals surface area contributed by atoms with E-state index in [-0.39, 0.29) is 11.8 Å². The van der Waals surface area contributed by atoms with E-state index in [1.54, 1.807) is 6.92 Å². The number of hydrogen-bond donors (Lipinski definition) is 0. The molecule has 0 heterocycles. The number of rotatable bonds is 7. The molecule has 0 fully saturated rings. The molecule has 0 aliphatic heterocycles. The molecule has 0 saturated carbocycles. The van der Waals surface area contributed by atoms with Crippen LogP contribution in [0.3, 0.4) is 0 Å². The molecule has 1 aromatic carbocycles. The van der Waals surface area contributed by atoms with Gasteiger partial charge in [-0.25, -0.2) is 0 Å². The Morgan fingerprint density at radius 2 is 1.95 bits per heavy atom. The molecule has 0 spiro atoms. The lowest BCUT2D eigenvalue weighted by Crippen LogP contribution is -2.07. The van der Waals surface area contributed by atoms with E-state index in [1.807, 2.05) is 13.8 Å². The normalized spacial score (nSPS) is 14.1. The first kappa shape index (κ1) is 16.0. The van der Waals surface area contributed by atoms with Gasteiger partial charge in [0.2, 0.25) is 0 Å². The van der Waals surface area contributed by atoms with Crippen LogP contribution in [0.2, 0.25) is 0 Å². The van der Waals surface area contributed by atoms with E-state index in [4.69, 9.17) is 25.4 Å². The first-order chi connectivity index (χ1) is 8.86. The number of benzene rings is 1. The first-order valence-corrected chi connectivity index (χ1v) is 8.29. The summed E-state index contributed by atoms with van der Waals surface area (Å²) in [4.78, 5) is 10.1. The van der Waals surface area contributed by atoms with Crippen LogP contribution in [0, 0.1) is 10.1 Å². The van der Waals surface area contributed by atoms with Crippen LogP contribution in [0.4, 0.5) is 5.69 Å². The summed E-state index contributed by atoms with van der Waals surface area (Å²) in [6, 6.07) is 5.64. The van der Waals surface area contributed by atoms with Crippen molar-refractivity contribution in [3.8, 4) is 5.75 Å². The van der Waals surface area contributed by atoms with Crippen LogP contribution >= 0.6 is 6.72 Å². The van der Waals surface area contributed by atoms with Crippen LogP contribution < -0.4 is 4.52 Å². The molecule has 1 unspecified atom stereocenters. The van der Waals surface area contributed by atoms with Crippen LogP contribution in [0.15, 0.2) is 24.3 Å². The van der Waals surface area contributed by atoms with Crippen molar-refractivity contribution < 1.29 is 18.5 Å². The Labute approximate surface area is 117 Å². The molecule has 1 rings (SSSR count). The second-order valence-corrected chi connectivity index (χ2v) is 6.75. The Balaban J connectivity index is 2.84. The SMILES string of the molecule is CCOP(=S)(Oc1ccc([N+](=O)[O-])cc1)OC(C)C. The van der Waals surface area contributed by atoms with Gasteiger partial charge in [-0.3, -0.25) is 19.2 Å². The Morgan fingerprint density at radius 1 is 1.37 bits per heavy atom. The lowest BCUT2D eigenvalue weighted by molar-refractivity contribution is -0.384. The fourth-order valence-electron chi connectivity index (χ4n) is 1.25. The third kappa shape index (κ3) is 5.24. The smallest absolute Gasteiger partial charge is 0.380 e. The number of nitro benzene ring substituents is 1. The highest BCUT2D eigenvalue weighted by atomic mass is 32.5. The van der Waals surface area contributed by atoms with Crippen molar-refractivity contribution in [2.75, 3.05) is 6.61 Å². The zero-order valence-corrected chi connectivity index (χ0v) is 12.6. The monoisotopic (exact) mass is 305 g/mol.